The third-order valence-electron chi connectivity index (χ3n) is 1.59. The average Bonchev–Trinajstić information content (AvgIpc) is 2.17. The van der Waals surface area contributed by atoms with Crippen LogP contribution in [0.4, 0.5) is 0 Å². The minimum absolute atomic E-state index is 0.344. The maximum absolute atomic E-state index is 5.44. The summed E-state index contributed by atoms with van der Waals surface area (Å²) in [6.45, 7) is 6.44. The van der Waals surface area contributed by atoms with E-state index in [1.807, 2.05) is 13.8 Å². The molecule has 0 heterocycles. The molecule has 0 aromatic heterocycles. The fourth-order valence-electron chi connectivity index (χ4n) is 0.909. The Morgan fingerprint density at radius 2 is 1.53 bits per heavy atom. The van der Waals surface area contributed by atoms with Gasteiger partial charge in [-0.25, -0.2) is 5.90 Å². The predicted octanol–water partition coefficient (Wildman–Crippen LogP) is -0.379. The van der Waals surface area contributed by atoms with Crippen molar-refractivity contribution in [1.29, 1.82) is 0 Å². The molecule has 0 saturated carbocycles. The topological polar surface area (TPSA) is 89.0 Å². The Kier molecular flexibility index (Phi) is 8.88. The van der Waals surface area contributed by atoms with Crippen LogP contribution in [-0.2, 0) is 19.0 Å². The smallest absolute Gasteiger partial charge is 0.162 e. The van der Waals surface area contributed by atoms with E-state index in [0.29, 0.717) is 39.6 Å². The Hall–Kier alpha value is -0.240. The van der Waals surface area contributed by atoms with E-state index < -0.39 is 5.79 Å². The van der Waals surface area contributed by atoms with Gasteiger partial charge in [0.2, 0.25) is 0 Å². The first-order chi connectivity index (χ1) is 7.12. The number of hydrogen-bond acceptors (Lipinski definition) is 6. The Bertz CT molecular complexity index is 144. The monoisotopic (exact) mass is 222 g/mol. The summed E-state index contributed by atoms with van der Waals surface area (Å²) in [5, 5.41) is 0. The third-order valence-corrected chi connectivity index (χ3v) is 1.59. The molecule has 0 saturated heterocycles. The molecule has 0 amide bonds. The van der Waals surface area contributed by atoms with Gasteiger partial charge in [0.1, 0.15) is 0 Å². The normalized spacial score (nSPS) is 12.0. The molecule has 0 aliphatic rings. The number of nitrogens with two attached hydrogens (primary N) is 2. The second-order valence-corrected chi connectivity index (χ2v) is 3.37. The molecule has 0 aliphatic carbocycles. The van der Waals surface area contributed by atoms with Gasteiger partial charge in [-0.3, -0.25) is 0 Å². The molecule has 6 heteroatoms. The van der Waals surface area contributed by atoms with E-state index in [1.54, 1.807) is 0 Å². The molecule has 92 valence electrons. The highest BCUT2D eigenvalue weighted by Crippen LogP contribution is 2.10. The van der Waals surface area contributed by atoms with Crippen LogP contribution in [0.15, 0.2) is 0 Å². The van der Waals surface area contributed by atoms with Crippen molar-refractivity contribution in [1.82, 2.24) is 0 Å². The molecule has 0 atom stereocenters. The van der Waals surface area contributed by atoms with Crippen molar-refractivity contribution < 1.29 is 19.0 Å². The Balaban J connectivity index is 3.38. The van der Waals surface area contributed by atoms with Crippen LogP contribution < -0.4 is 11.6 Å². The molecule has 4 N–H and O–H groups in total. The van der Waals surface area contributed by atoms with Crippen LogP contribution in [0.2, 0.25) is 0 Å². The van der Waals surface area contributed by atoms with Crippen LogP contribution in [-0.4, -0.2) is 45.4 Å². The van der Waals surface area contributed by atoms with Crippen LogP contribution in [0.5, 0.6) is 0 Å². The summed E-state index contributed by atoms with van der Waals surface area (Å²) in [6.07, 6.45) is 0. The van der Waals surface area contributed by atoms with E-state index in [9.17, 15) is 0 Å². The lowest BCUT2D eigenvalue weighted by Gasteiger charge is -2.25. The van der Waals surface area contributed by atoms with Crippen LogP contribution in [0.1, 0.15) is 13.8 Å². The maximum atomic E-state index is 5.44. The van der Waals surface area contributed by atoms with Gasteiger partial charge in [-0.15, -0.1) is 0 Å². The molecule has 0 fully saturated rings. The molecule has 0 rings (SSSR count). The van der Waals surface area contributed by atoms with Gasteiger partial charge in [-0.1, -0.05) is 0 Å². The fraction of sp³-hybridized carbons (Fsp3) is 1.00. The van der Waals surface area contributed by atoms with E-state index in [4.69, 9.17) is 25.8 Å². The van der Waals surface area contributed by atoms with Gasteiger partial charge < -0.3 is 24.8 Å². The molecular weight excluding hydrogens is 200 g/mol. The first kappa shape index (κ1) is 14.8. The van der Waals surface area contributed by atoms with Crippen LogP contribution in [0, 0.1) is 0 Å². The largest absolute Gasteiger partial charge is 0.378 e. The Morgan fingerprint density at radius 3 is 2.07 bits per heavy atom. The lowest BCUT2D eigenvalue weighted by molar-refractivity contribution is -0.223. The highest BCUT2D eigenvalue weighted by Gasteiger charge is 2.18. The first-order valence-electron chi connectivity index (χ1n) is 5.00. The zero-order valence-electron chi connectivity index (χ0n) is 9.53. The molecular formula is C9H22N2O4. The van der Waals surface area contributed by atoms with Crippen molar-refractivity contribution in [3.63, 3.8) is 0 Å². The van der Waals surface area contributed by atoms with Crippen molar-refractivity contribution in [2.45, 2.75) is 19.6 Å². The highest BCUT2D eigenvalue weighted by molar-refractivity contribution is 4.53. The molecule has 0 aliphatic heterocycles. The van der Waals surface area contributed by atoms with Gasteiger partial charge in [-0.2, -0.15) is 0 Å². The zero-order chi connectivity index (χ0) is 11.6. The lowest BCUT2D eigenvalue weighted by Crippen LogP contribution is -2.31. The summed E-state index contributed by atoms with van der Waals surface area (Å²) in [4.78, 5) is 4.38. The predicted molar refractivity (Wildman–Crippen MR) is 56.0 cm³/mol. The van der Waals surface area contributed by atoms with Gasteiger partial charge >= 0.3 is 0 Å². The van der Waals surface area contributed by atoms with E-state index >= 15 is 0 Å². The molecule has 0 bridgehead atoms. The van der Waals surface area contributed by atoms with Gasteiger partial charge in [0.05, 0.1) is 33.0 Å². The molecule has 15 heavy (non-hydrogen) atoms. The van der Waals surface area contributed by atoms with Gasteiger partial charge in [0, 0.05) is 6.54 Å². The van der Waals surface area contributed by atoms with Crippen LogP contribution >= 0.6 is 0 Å². The molecule has 0 spiro atoms. The lowest BCUT2D eigenvalue weighted by atomic mass is 10.4. The number of rotatable bonds is 10. The molecule has 0 radical (unpaired) electrons. The summed E-state index contributed by atoms with van der Waals surface area (Å²) in [5.41, 5.74) is 5.26. The van der Waals surface area contributed by atoms with Crippen LogP contribution in [0.25, 0.3) is 0 Å². The van der Waals surface area contributed by atoms with Crippen molar-refractivity contribution >= 4 is 0 Å². The van der Waals surface area contributed by atoms with Crippen molar-refractivity contribution in [2.24, 2.45) is 11.6 Å². The fourth-order valence-corrected chi connectivity index (χ4v) is 0.909. The van der Waals surface area contributed by atoms with Gasteiger partial charge in [0.15, 0.2) is 5.79 Å². The molecule has 0 unspecified atom stereocenters. The highest BCUT2D eigenvalue weighted by atomic mass is 16.7. The first-order valence-corrected chi connectivity index (χ1v) is 5.00. The van der Waals surface area contributed by atoms with Crippen LogP contribution in [0.3, 0.4) is 0 Å². The summed E-state index contributed by atoms with van der Waals surface area (Å²) in [6, 6.07) is 0. The summed E-state index contributed by atoms with van der Waals surface area (Å²) >= 11 is 0. The van der Waals surface area contributed by atoms with E-state index in [-0.39, 0.29) is 0 Å². The molecule has 0 aromatic rings. The van der Waals surface area contributed by atoms with Crippen molar-refractivity contribution in [2.75, 3.05) is 39.6 Å². The molecule has 6 nitrogen and oxygen atoms in total. The van der Waals surface area contributed by atoms with Crippen molar-refractivity contribution in [3.05, 3.63) is 0 Å². The van der Waals surface area contributed by atoms with Gasteiger partial charge in [-0.05, 0) is 13.8 Å². The SMILES string of the molecule is CC(C)(OCCON)OCCOCCN. The number of ether oxygens (including phenoxy) is 3. The second kappa shape index (κ2) is 9.02. The number of hydrogen-bond donors (Lipinski definition) is 2. The zero-order valence-corrected chi connectivity index (χ0v) is 9.53. The quantitative estimate of drug-likeness (QED) is 0.297. The van der Waals surface area contributed by atoms with E-state index in [0.717, 1.165) is 0 Å². The Morgan fingerprint density at radius 1 is 0.933 bits per heavy atom. The second-order valence-electron chi connectivity index (χ2n) is 3.37. The summed E-state index contributed by atoms with van der Waals surface area (Å²) in [5.74, 6) is 4.21. The summed E-state index contributed by atoms with van der Waals surface area (Å²) in [7, 11) is 0. The standard InChI is InChI=1S/C9H22N2O4/c1-9(2,14-7-8-15-11)13-6-5-12-4-3-10/h3-8,10-11H2,1-2H3. The minimum Gasteiger partial charge on any atom is -0.378 e. The minimum atomic E-state index is -0.648. The molecule has 0 aromatic carbocycles. The van der Waals surface area contributed by atoms with Gasteiger partial charge in [0.25, 0.3) is 0 Å². The van der Waals surface area contributed by atoms with E-state index in [1.165, 1.54) is 0 Å². The van der Waals surface area contributed by atoms with E-state index in [2.05, 4.69) is 4.84 Å². The Labute approximate surface area is 90.7 Å². The van der Waals surface area contributed by atoms with Crippen molar-refractivity contribution in [3.8, 4) is 0 Å². The third kappa shape index (κ3) is 10.1. The summed E-state index contributed by atoms with van der Waals surface area (Å²) < 4.78 is 16.0. The average molecular weight is 222 g/mol. The maximum Gasteiger partial charge on any atom is 0.162 e.